The Kier molecular flexibility index (Phi) is 5.87. The third-order valence-corrected chi connectivity index (χ3v) is 4.04. The molecule has 1 aromatic carbocycles. The lowest BCUT2D eigenvalue weighted by atomic mass is 9.96. The van der Waals surface area contributed by atoms with E-state index in [2.05, 4.69) is 54.4 Å². The topological polar surface area (TPSA) is 15.3 Å². The van der Waals surface area contributed by atoms with Crippen molar-refractivity contribution in [2.75, 3.05) is 26.2 Å². The minimum absolute atomic E-state index is 0.486. The van der Waals surface area contributed by atoms with Gasteiger partial charge < -0.3 is 10.2 Å². The van der Waals surface area contributed by atoms with E-state index in [0.717, 1.165) is 6.54 Å². The molecule has 0 aliphatic carbocycles. The molecule has 1 aliphatic rings. The fourth-order valence-corrected chi connectivity index (χ4v) is 2.97. The zero-order valence-electron chi connectivity index (χ0n) is 12.4. The standard InChI is InChI=1S/C17H28N2/c1-15(2)17(16-9-4-3-5-10-16)18-11-8-14-19-12-6-7-13-19/h3-5,9-10,15,17-18H,6-8,11-14H2,1-2H3. The minimum atomic E-state index is 0.486. The summed E-state index contributed by atoms with van der Waals surface area (Å²) in [5.74, 6) is 0.634. The molecule has 0 saturated carbocycles. The average molecular weight is 260 g/mol. The molecule has 1 aliphatic heterocycles. The van der Waals surface area contributed by atoms with Crippen LogP contribution in [0.25, 0.3) is 0 Å². The lowest BCUT2D eigenvalue weighted by Gasteiger charge is -2.23. The molecule has 1 atom stereocenters. The Labute approximate surface area is 118 Å². The lowest BCUT2D eigenvalue weighted by molar-refractivity contribution is 0.320. The van der Waals surface area contributed by atoms with E-state index in [1.165, 1.54) is 44.5 Å². The normalized spacial score (nSPS) is 18.1. The maximum absolute atomic E-state index is 3.73. The average Bonchev–Trinajstić information content (AvgIpc) is 2.92. The van der Waals surface area contributed by atoms with Gasteiger partial charge in [0, 0.05) is 6.04 Å². The first-order valence-electron chi connectivity index (χ1n) is 7.78. The molecule has 0 spiro atoms. The molecule has 1 fully saturated rings. The number of rotatable bonds is 7. The zero-order valence-corrected chi connectivity index (χ0v) is 12.4. The summed E-state index contributed by atoms with van der Waals surface area (Å²) in [6.07, 6.45) is 4.05. The summed E-state index contributed by atoms with van der Waals surface area (Å²) in [5.41, 5.74) is 1.42. The van der Waals surface area contributed by atoms with Crippen molar-refractivity contribution in [3.8, 4) is 0 Å². The van der Waals surface area contributed by atoms with Crippen molar-refractivity contribution in [3.63, 3.8) is 0 Å². The van der Waals surface area contributed by atoms with Crippen molar-refractivity contribution in [2.45, 2.75) is 39.2 Å². The molecule has 2 nitrogen and oxygen atoms in total. The van der Waals surface area contributed by atoms with E-state index in [0.29, 0.717) is 12.0 Å². The fraction of sp³-hybridized carbons (Fsp3) is 0.647. The van der Waals surface area contributed by atoms with Crippen LogP contribution in [0.3, 0.4) is 0 Å². The van der Waals surface area contributed by atoms with Crippen LogP contribution < -0.4 is 5.32 Å². The Morgan fingerprint density at radius 2 is 1.79 bits per heavy atom. The summed E-state index contributed by atoms with van der Waals surface area (Å²) in [4.78, 5) is 2.59. The number of nitrogens with one attached hydrogen (secondary N) is 1. The maximum Gasteiger partial charge on any atom is 0.0343 e. The molecule has 0 radical (unpaired) electrons. The predicted octanol–water partition coefficient (Wildman–Crippen LogP) is 3.46. The highest BCUT2D eigenvalue weighted by atomic mass is 15.1. The molecular formula is C17H28N2. The molecule has 1 aromatic rings. The van der Waals surface area contributed by atoms with Crippen molar-refractivity contribution in [3.05, 3.63) is 35.9 Å². The molecule has 2 rings (SSSR count). The number of benzene rings is 1. The maximum atomic E-state index is 3.73. The quantitative estimate of drug-likeness (QED) is 0.755. The number of hydrogen-bond acceptors (Lipinski definition) is 2. The minimum Gasteiger partial charge on any atom is -0.310 e. The Hall–Kier alpha value is -0.860. The van der Waals surface area contributed by atoms with Crippen molar-refractivity contribution in [2.24, 2.45) is 5.92 Å². The third-order valence-electron chi connectivity index (χ3n) is 4.04. The van der Waals surface area contributed by atoms with Crippen LogP contribution in [-0.2, 0) is 0 Å². The van der Waals surface area contributed by atoms with Crippen LogP contribution in [-0.4, -0.2) is 31.1 Å². The van der Waals surface area contributed by atoms with Crippen LogP contribution in [0.2, 0.25) is 0 Å². The lowest BCUT2D eigenvalue weighted by Crippen LogP contribution is -2.29. The van der Waals surface area contributed by atoms with Gasteiger partial charge in [0.05, 0.1) is 0 Å². The Bertz CT molecular complexity index is 342. The van der Waals surface area contributed by atoms with Gasteiger partial charge in [0.15, 0.2) is 0 Å². The van der Waals surface area contributed by atoms with Gasteiger partial charge in [-0.3, -0.25) is 0 Å². The molecular weight excluding hydrogens is 232 g/mol. The third kappa shape index (κ3) is 4.63. The number of nitrogens with zero attached hydrogens (tertiary/aromatic N) is 1. The van der Waals surface area contributed by atoms with Crippen LogP contribution in [0.15, 0.2) is 30.3 Å². The largest absolute Gasteiger partial charge is 0.310 e. The van der Waals surface area contributed by atoms with Gasteiger partial charge in [-0.25, -0.2) is 0 Å². The second-order valence-electron chi connectivity index (χ2n) is 5.99. The van der Waals surface area contributed by atoms with Gasteiger partial charge in [-0.2, -0.15) is 0 Å². The highest BCUT2D eigenvalue weighted by Gasteiger charge is 2.15. The van der Waals surface area contributed by atoms with E-state index in [1.54, 1.807) is 0 Å². The second-order valence-corrected chi connectivity index (χ2v) is 5.99. The van der Waals surface area contributed by atoms with E-state index in [-0.39, 0.29) is 0 Å². The molecule has 106 valence electrons. The van der Waals surface area contributed by atoms with Crippen LogP contribution in [0.5, 0.6) is 0 Å². The highest BCUT2D eigenvalue weighted by molar-refractivity contribution is 5.19. The van der Waals surface area contributed by atoms with Crippen LogP contribution in [0, 0.1) is 5.92 Å². The van der Waals surface area contributed by atoms with Crippen molar-refractivity contribution >= 4 is 0 Å². The van der Waals surface area contributed by atoms with Crippen molar-refractivity contribution in [1.29, 1.82) is 0 Å². The van der Waals surface area contributed by atoms with Gasteiger partial charge in [0.2, 0.25) is 0 Å². The molecule has 19 heavy (non-hydrogen) atoms. The van der Waals surface area contributed by atoms with Crippen LogP contribution in [0.4, 0.5) is 0 Å². The van der Waals surface area contributed by atoms with E-state index < -0.39 is 0 Å². The van der Waals surface area contributed by atoms with Gasteiger partial charge in [0.25, 0.3) is 0 Å². The molecule has 0 bridgehead atoms. The van der Waals surface area contributed by atoms with E-state index in [1.807, 2.05) is 0 Å². The summed E-state index contributed by atoms with van der Waals surface area (Å²) in [5, 5.41) is 3.73. The van der Waals surface area contributed by atoms with Crippen molar-refractivity contribution in [1.82, 2.24) is 10.2 Å². The smallest absolute Gasteiger partial charge is 0.0343 e. The first-order valence-corrected chi connectivity index (χ1v) is 7.78. The van der Waals surface area contributed by atoms with Crippen LogP contribution >= 0.6 is 0 Å². The Balaban J connectivity index is 1.74. The molecule has 1 saturated heterocycles. The monoisotopic (exact) mass is 260 g/mol. The molecule has 0 aromatic heterocycles. The molecule has 1 N–H and O–H groups in total. The Morgan fingerprint density at radius 3 is 2.42 bits per heavy atom. The van der Waals surface area contributed by atoms with Crippen molar-refractivity contribution < 1.29 is 0 Å². The summed E-state index contributed by atoms with van der Waals surface area (Å²) in [6.45, 7) is 9.59. The molecule has 0 amide bonds. The summed E-state index contributed by atoms with van der Waals surface area (Å²) in [7, 11) is 0. The van der Waals surface area contributed by atoms with Gasteiger partial charge in [-0.05, 0) is 56.9 Å². The van der Waals surface area contributed by atoms with Gasteiger partial charge in [-0.15, -0.1) is 0 Å². The highest BCUT2D eigenvalue weighted by Crippen LogP contribution is 2.21. The van der Waals surface area contributed by atoms with Gasteiger partial charge >= 0.3 is 0 Å². The summed E-state index contributed by atoms with van der Waals surface area (Å²) < 4.78 is 0. The second kappa shape index (κ2) is 7.66. The fourth-order valence-electron chi connectivity index (χ4n) is 2.97. The van der Waals surface area contributed by atoms with Gasteiger partial charge in [0.1, 0.15) is 0 Å². The first kappa shape index (κ1) is 14.5. The summed E-state index contributed by atoms with van der Waals surface area (Å²) >= 11 is 0. The molecule has 2 heteroatoms. The Morgan fingerprint density at radius 1 is 1.11 bits per heavy atom. The SMILES string of the molecule is CC(C)C(NCCCN1CCCC1)c1ccccc1. The van der Waals surface area contributed by atoms with Gasteiger partial charge in [-0.1, -0.05) is 44.2 Å². The summed E-state index contributed by atoms with van der Waals surface area (Å²) in [6, 6.07) is 11.3. The molecule has 1 heterocycles. The van der Waals surface area contributed by atoms with E-state index >= 15 is 0 Å². The first-order chi connectivity index (χ1) is 9.27. The predicted molar refractivity (Wildman–Crippen MR) is 82.3 cm³/mol. The number of likely N-dealkylation sites (tertiary alicyclic amines) is 1. The van der Waals surface area contributed by atoms with E-state index in [4.69, 9.17) is 0 Å². The number of hydrogen-bond donors (Lipinski definition) is 1. The van der Waals surface area contributed by atoms with Crippen LogP contribution in [0.1, 0.15) is 44.7 Å². The zero-order chi connectivity index (χ0) is 13.5. The molecule has 1 unspecified atom stereocenters. The van der Waals surface area contributed by atoms with E-state index in [9.17, 15) is 0 Å².